The predicted molar refractivity (Wildman–Crippen MR) is 76.2 cm³/mol. The van der Waals surface area contributed by atoms with Gasteiger partial charge in [-0.25, -0.2) is 0 Å². The lowest BCUT2D eigenvalue weighted by molar-refractivity contribution is -0.117. The van der Waals surface area contributed by atoms with Gasteiger partial charge in [-0.2, -0.15) is 0 Å². The molecule has 1 amide bonds. The third-order valence-corrected chi connectivity index (χ3v) is 3.38. The summed E-state index contributed by atoms with van der Waals surface area (Å²) in [5, 5.41) is 12.2. The van der Waals surface area contributed by atoms with Crippen LogP contribution in [0.4, 0.5) is 11.4 Å². The molecule has 0 saturated heterocycles. The van der Waals surface area contributed by atoms with Gasteiger partial charge < -0.3 is 16.2 Å². The van der Waals surface area contributed by atoms with E-state index in [4.69, 9.17) is 22.4 Å². The molecule has 1 fully saturated rings. The molecular formula is C13H18ClN3O2. The van der Waals surface area contributed by atoms with Crippen LogP contribution in [0.15, 0.2) is 18.2 Å². The molecular weight excluding hydrogens is 266 g/mol. The minimum Gasteiger partial charge on any atom is -0.399 e. The molecule has 0 unspecified atom stereocenters. The van der Waals surface area contributed by atoms with Gasteiger partial charge in [-0.1, -0.05) is 11.6 Å². The van der Waals surface area contributed by atoms with E-state index in [1.54, 1.807) is 18.2 Å². The fourth-order valence-electron chi connectivity index (χ4n) is 1.97. The van der Waals surface area contributed by atoms with E-state index in [9.17, 15) is 4.79 Å². The van der Waals surface area contributed by atoms with E-state index in [0.29, 0.717) is 29.0 Å². The molecule has 0 radical (unpaired) electrons. The second-order valence-corrected chi connectivity index (χ2v) is 5.12. The number of nitrogens with zero attached hydrogens (tertiary/aromatic N) is 1. The quantitative estimate of drug-likeness (QED) is 0.688. The molecule has 0 heterocycles. The standard InChI is InChI=1S/C13H18ClN3O2/c14-11-7-9(15)1-4-12(11)16-13(19)8-17(5-6-18)10-2-3-10/h1,4,7,10,18H,2-3,5-6,8,15H2,(H,16,19). The summed E-state index contributed by atoms with van der Waals surface area (Å²) in [5.74, 6) is -0.132. The number of hydrogen-bond acceptors (Lipinski definition) is 4. The van der Waals surface area contributed by atoms with Gasteiger partial charge in [0, 0.05) is 18.3 Å². The highest BCUT2D eigenvalue weighted by Gasteiger charge is 2.29. The number of aliphatic hydroxyl groups excluding tert-OH is 1. The van der Waals surface area contributed by atoms with Gasteiger partial charge in [0.1, 0.15) is 0 Å². The number of carbonyl (C=O) groups excluding carboxylic acids is 1. The van der Waals surface area contributed by atoms with Crippen LogP contribution >= 0.6 is 11.6 Å². The number of aliphatic hydroxyl groups is 1. The van der Waals surface area contributed by atoms with Crippen molar-refractivity contribution in [2.75, 3.05) is 30.7 Å². The Bertz CT molecular complexity index is 463. The lowest BCUT2D eigenvalue weighted by atomic mass is 10.3. The summed E-state index contributed by atoms with van der Waals surface area (Å²) in [7, 11) is 0. The van der Waals surface area contributed by atoms with Crippen LogP contribution < -0.4 is 11.1 Å². The Balaban J connectivity index is 1.92. The van der Waals surface area contributed by atoms with E-state index in [-0.39, 0.29) is 19.1 Å². The summed E-state index contributed by atoms with van der Waals surface area (Å²) in [6.45, 7) is 0.853. The molecule has 6 heteroatoms. The lowest BCUT2D eigenvalue weighted by Gasteiger charge is -2.20. The van der Waals surface area contributed by atoms with Crippen molar-refractivity contribution in [3.63, 3.8) is 0 Å². The maximum Gasteiger partial charge on any atom is 0.238 e. The van der Waals surface area contributed by atoms with Crippen LogP contribution in [0.3, 0.4) is 0 Å². The maximum atomic E-state index is 11.9. The van der Waals surface area contributed by atoms with E-state index in [0.717, 1.165) is 12.8 Å². The zero-order valence-electron chi connectivity index (χ0n) is 10.6. The number of anilines is 2. The first-order valence-electron chi connectivity index (χ1n) is 6.30. The minimum absolute atomic E-state index is 0.0619. The molecule has 5 nitrogen and oxygen atoms in total. The van der Waals surface area contributed by atoms with Gasteiger partial charge in [0.25, 0.3) is 0 Å². The highest BCUT2D eigenvalue weighted by molar-refractivity contribution is 6.34. The Kier molecular flexibility index (Phi) is 4.63. The topological polar surface area (TPSA) is 78.6 Å². The summed E-state index contributed by atoms with van der Waals surface area (Å²) in [6.07, 6.45) is 2.19. The monoisotopic (exact) mass is 283 g/mol. The number of halogens is 1. The molecule has 0 spiro atoms. The lowest BCUT2D eigenvalue weighted by Crippen LogP contribution is -2.36. The Morgan fingerprint density at radius 2 is 2.26 bits per heavy atom. The highest BCUT2D eigenvalue weighted by Crippen LogP contribution is 2.27. The number of carbonyl (C=O) groups is 1. The first-order valence-corrected chi connectivity index (χ1v) is 6.67. The van der Waals surface area contributed by atoms with Gasteiger partial charge in [-0.05, 0) is 31.0 Å². The van der Waals surface area contributed by atoms with Crippen molar-refractivity contribution < 1.29 is 9.90 Å². The average Bonchev–Trinajstić information content (AvgIpc) is 3.16. The number of nitrogen functional groups attached to an aromatic ring is 1. The normalized spacial score (nSPS) is 14.7. The van der Waals surface area contributed by atoms with Crippen molar-refractivity contribution in [3.05, 3.63) is 23.2 Å². The first-order chi connectivity index (χ1) is 9.10. The Morgan fingerprint density at radius 3 is 2.84 bits per heavy atom. The number of amides is 1. The molecule has 1 saturated carbocycles. The van der Waals surface area contributed by atoms with Gasteiger partial charge in [0.05, 0.1) is 23.9 Å². The average molecular weight is 284 g/mol. The summed E-state index contributed by atoms with van der Waals surface area (Å²) in [5.41, 5.74) is 6.71. The number of benzene rings is 1. The zero-order valence-corrected chi connectivity index (χ0v) is 11.4. The van der Waals surface area contributed by atoms with Gasteiger partial charge in [0.2, 0.25) is 5.91 Å². The van der Waals surface area contributed by atoms with Crippen molar-refractivity contribution in [2.45, 2.75) is 18.9 Å². The van der Waals surface area contributed by atoms with Crippen molar-refractivity contribution in [1.29, 1.82) is 0 Å². The second kappa shape index (κ2) is 6.23. The van der Waals surface area contributed by atoms with Crippen molar-refractivity contribution in [2.24, 2.45) is 0 Å². The molecule has 4 N–H and O–H groups in total. The Labute approximate surface area is 117 Å². The molecule has 0 atom stereocenters. The zero-order chi connectivity index (χ0) is 13.8. The van der Waals surface area contributed by atoms with Crippen LogP contribution in [0.25, 0.3) is 0 Å². The molecule has 0 bridgehead atoms. The van der Waals surface area contributed by atoms with Gasteiger partial charge in [0.15, 0.2) is 0 Å². The molecule has 1 aliphatic rings. The molecule has 1 aromatic rings. The van der Waals surface area contributed by atoms with Crippen molar-refractivity contribution >= 4 is 28.9 Å². The third-order valence-electron chi connectivity index (χ3n) is 3.06. The Hall–Kier alpha value is -1.30. The van der Waals surface area contributed by atoms with Crippen LogP contribution in [0, 0.1) is 0 Å². The fraction of sp³-hybridized carbons (Fsp3) is 0.462. The number of nitrogens with two attached hydrogens (primary N) is 1. The van der Waals surface area contributed by atoms with Crippen LogP contribution in [-0.4, -0.2) is 41.7 Å². The van der Waals surface area contributed by atoms with Crippen molar-refractivity contribution in [1.82, 2.24) is 4.90 Å². The van der Waals surface area contributed by atoms with E-state index in [2.05, 4.69) is 5.32 Å². The molecule has 19 heavy (non-hydrogen) atoms. The Morgan fingerprint density at radius 1 is 1.53 bits per heavy atom. The van der Waals surface area contributed by atoms with Gasteiger partial charge >= 0.3 is 0 Å². The molecule has 1 aliphatic carbocycles. The van der Waals surface area contributed by atoms with Crippen LogP contribution in [0.5, 0.6) is 0 Å². The molecule has 104 valence electrons. The van der Waals surface area contributed by atoms with E-state index >= 15 is 0 Å². The fourth-order valence-corrected chi connectivity index (χ4v) is 2.20. The predicted octanol–water partition coefficient (Wildman–Crippen LogP) is 1.32. The summed E-state index contributed by atoms with van der Waals surface area (Å²) in [6, 6.07) is 5.40. The van der Waals surface area contributed by atoms with Gasteiger partial charge in [-0.3, -0.25) is 9.69 Å². The maximum absolute atomic E-state index is 11.9. The molecule has 1 aromatic carbocycles. The van der Waals surface area contributed by atoms with Crippen molar-refractivity contribution in [3.8, 4) is 0 Å². The SMILES string of the molecule is Nc1ccc(NC(=O)CN(CCO)C2CC2)c(Cl)c1. The summed E-state index contributed by atoms with van der Waals surface area (Å²) in [4.78, 5) is 13.9. The highest BCUT2D eigenvalue weighted by atomic mass is 35.5. The summed E-state index contributed by atoms with van der Waals surface area (Å²) < 4.78 is 0. The molecule has 0 aromatic heterocycles. The van der Waals surface area contributed by atoms with Gasteiger partial charge in [-0.15, -0.1) is 0 Å². The van der Waals surface area contributed by atoms with E-state index in [1.807, 2.05) is 4.90 Å². The number of rotatable bonds is 6. The number of hydrogen-bond donors (Lipinski definition) is 3. The molecule has 0 aliphatic heterocycles. The largest absolute Gasteiger partial charge is 0.399 e. The van der Waals surface area contributed by atoms with Crippen LogP contribution in [-0.2, 0) is 4.79 Å². The third kappa shape index (κ3) is 4.09. The smallest absolute Gasteiger partial charge is 0.238 e. The van der Waals surface area contributed by atoms with Crippen LogP contribution in [0.2, 0.25) is 5.02 Å². The van der Waals surface area contributed by atoms with E-state index in [1.165, 1.54) is 0 Å². The summed E-state index contributed by atoms with van der Waals surface area (Å²) >= 11 is 6.00. The minimum atomic E-state index is -0.132. The first kappa shape index (κ1) is 14.1. The number of nitrogens with one attached hydrogen (secondary N) is 1. The van der Waals surface area contributed by atoms with Crippen LogP contribution in [0.1, 0.15) is 12.8 Å². The second-order valence-electron chi connectivity index (χ2n) is 4.71. The van der Waals surface area contributed by atoms with E-state index < -0.39 is 0 Å². The molecule has 2 rings (SSSR count).